The number of nitrogens with one attached hydrogen (secondary N) is 3. The van der Waals surface area contributed by atoms with Crippen LogP contribution in [-0.4, -0.2) is 79.8 Å². The summed E-state index contributed by atoms with van der Waals surface area (Å²) < 4.78 is 5.53. The fourth-order valence-corrected chi connectivity index (χ4v) is 6.20. The van der Waals surface area contributed by atoms with Crippen molar-refractivity contribution >= 4 is 34.6 Å². The number of rotatable bonds is 7. The van der Waals surface area contributed by atoms with E-state index >= 15 is 0 Å². The fourth-order valence-electron chi connectivity index (χ4n) is 6.20. The number of aliphatic hydroxyl groups is 1. The predicted molar refractivity (Wildman–Crippen MR) is 161 cm³/mol. The van der Waals surface area contributed by atoms with E-state index in [2.05, 4.69) is 50.1 Å². The molecule has 1 amide bonds. The standard InChI is InChI=1S/C32H39N5O3/c1-21-16-25(7-8-27(21)31(38)35-24-4-2-3-5-24)36-32(39)28-10-11-34-30-9-6-22(18-29(28)30)23-17-26(20-33-19-23)37-12-14-40-15-13-37/h6-10,16-19,24,26,32,34,36,39H,2-5,11-15,20H2,1H3,(H,35,38). The summed E-state index contributed by atoms with van der Waals surface area (Å²) in [5.74, 6) is -0.0181. The summed E-state index contributed by atoms with van der Waals surface area (Å²) >= 11 is 0. The average molecular weight is 542 g/mol. The van der Waals surface area contributed by atoms with E-state index in [1.807, 2.05) is 37.4 Å². The molecule has 3 heterocycles. The van der Waals surface area contributed by atoms with Gasteiger partial charge in [0.2, 0.25) is 0 Å². The number of anilines is 2. The van der Waals surface area contributed by atoms with Crippen LogP contribution in [0.1, 0.15) is 52.7 Å². The molecule has 2 atom stereocenters. The SMILES string of the molecule is Cc1cc(NC(O)C2=CCNc3ccc(C4=CC(N5CCOCC5)CN=C4)cc32)ccc1C(=O)NC1CCCC1. The van der Waals surface area contributed by atoms with Crippen molar-refractivity contribution in [2.75, 3.05) is 50.0 Å². The van der Waals surface area contributed by atoms with Gasteiger partial charge in [0.25, 0.3) is 5.91 Å². The third kappa shape index (κ3) is 5.84. The Morgan fingerprint density at radius 3 is 2.77 bits per heavy atom. The van der Waals surface area contributed by atoms with E-state index in [9.17, 15) is 9.90 Å². The lowest BCUT2D eigenvalue weighted by atomic mass is 9.93. The second-order valence-electron chi connectivity index (χ2n) is 11.2. The summed E-state index contributed by atoms with van der Waals surface area (Å²) in [6.45, 7) is 6.73. The summed E-state index contributed by atoms with van der Waals surface area (Å²) in [4.78, 5) is 19.9. The first-order valence-corrected chi connectivity index (χ1v) is 14.5. The Kier molecular flexibility index (Phi) is 8.00. The number of aliphatic imine (C=N–C) groups is 1. The Morgan fingerprint density at radius 1 is 1.15 bits per heavy atom. The van der Waals surface area contributed by atoms with Crippen LogP contribution in [0.15, 0.2) is 53.5 Å². The molecule has 40 heavy (non-hydrogen) atoms. The summed E-state index contributed by atoms with van der Waals surface area (Å²) in [5, 5.41) is 21.1. The highest BCUT2D eigenvalue weighted by atomic mass is 16.5. The third-order valence-electron chi connectivity index (χ3n) is 8.45. The van der Waals surface area contributed by atoms with E-state index in [0.717, 1.165) is 84.9 Å². The highest BCUT2D eigenvalue weighted by molar-refractivity contribution is 6.11. The first kappa shape index (κ1) is 26.7. The van der Waals surface area contributed by atoms with E-state index in [0.29, 0.717) is 12.1 Å². The smallest absolute Gasteiger partial charge is 0.251 e. The minimum absolute atomic E-state index is 0.0181. The van der Waals surface area contributed by atoms with Gasteiger partial charge < -0.3 is 25.8 Å². The zero-order valence-corrected chi connectivity index (χ0v) is 23.2. The average Bonchev–Trinajstić information content (AvgIpc) is 3.50. The largest absolute Gasteiger partial charge is 0.381 e. The minimum Gasteiger partial charge on any atom is -0.381 e. The number of carbonyl (C=O) groups excluding carboxylic acids is 1. The lowest BCUT2D eigenvalue weighted by Crippen LogP contribution is -2.44. The van der Waals surface area contributed by atoms with Gasteiger partial charge >= 0.3 is 0 Å². The maximum atomic E-state index is 12.8. The lowest BCUT2D eigenvalue weighted by Gasteiger charge is -2.33. The lowest BCUT2D eigenvalue weighted by molar-refractivity contribution is 0.0272. The molecule has 1 saturated heterocycles. The molecule has 2 aromatic carbocycles. The van der Waals surface area contributed by atoms with Crippen LogP contribution < -0.4 is 16.0 Å². The Bertz CT molecular complexity index is 1340. The van der Waals surface area contributed by atoms with Gasteiger partial charge in [0.1, 0.15) is 0 Å². The number of hydrogen-bond donors (Lipinski definition) is 4. The van der Waals surface area contributed by atoms with Crippen molar-refractivity contribution in [3.8, 4) is 0 Å². The van der Waals surface area contributed by atoms with E-state index in [4.69, 9.17) is 4.74 Å². The van der Waals surface area contributed by atoms with Crippen molar-refractivity contribution in [2.24, 2.45) is 4.99 Å². The van der Waals surface area contributed by atoms with Crippen LogP contribution in [0.2, 0.25) is 0 Å². The van der Waals surface area contributed by atoms with Gasteiger partial charge in [-0.2, -0.15) is 0 Å². The molecular formula is C32H39N5O3. The van der Waals surface area contributed by atoms with Crippen LogP contribution in [-0.2, 0) is 4.74 Å². The van der Waals surface area contributed by atoms with Gasteiger partial charge in [0.05, 0.1) is 19.8 Å². The number of benzene rings is 2. The molecule has 8 heteroatoms. The Hall–Kier alpha value is -3.46. The first-order valence-electron chi connectivity index (χ1n) is 14.5. The van der Waals surface area contributed by atoms with Gasteiger partial charge in [-0.3, -0.25) is 14.7 Å². The number of amides is 1. The number of hydrogen-bond acceptors (Lipinski definition) is 7. The Labute approximate surface area is 236 Å². The molecule has 3 aliphatic heterocycles. The van der Waals surface area contributed by atoms with Crippen LogP contribution in [0.5, 0.6) is 0 Å². The van der Waals surface area contributed by atoms with Gasteiger partial charge in [0, 0.05) is 66.0 Å². The highest BCUT2D eigenvalue weighted by Crippen LogP contribution is 2.33. The number of fused-ring (bicyclic) bond motifs is 1. The molecule has 0 bridgehead atoms. The maximum absolute atomic E-state index is 12.8. The van der Waals surface area contributed by atoms with Crippen molar-refractivity contribution in [1.82, 2.24) is 10.2 Å². The number of carbonyl (C=O) groups is 1. The van der Waals surface area contributed by atoms with E-state index in [1.54, 1.807) is 0 Å². The number of aliphatic hydroxyl groups excluding tert-OH is 1. The predicted octanol–water partition coefficient (Wildman–Crippen LogP) is 4.08. The number of ether oxygens (including phenoxy) is 1. The highest BCUT2D eigenvalue weighted by Gasteiger charge is 2.24. The summed E-state index contributed by atoms with van der Waals surface area (Å²) in [6, 6.07) is 12.5. The second kappa shape index (κ2) is 12.0. The first-order chi connectivity index (χ1) is 19.5. The van der Waals surface area contributed by atoms with Crippen molar-refractivity contribution < 1.29 is 14.6 Å². The van der Waals surface area contributed by atoms with Gasteiger partial charge in [-0.05, 0) is 66.8 Å². The molecule has 4 aliphatic rings. The fraction of sp³-hybridized carbons (Fsp3) is 0.438. The monoisotopic (exact) mass is 541 g/mol. The number of aryl methyl sites for hydroxylation is 1. The molecular weight excluding hydrogens is 502 g/mol. The van der Waals surface area contributed by atoms with E-state index < -0.39 is 6.23 Å². The van der Waals surface area contributed by atoms with Crippen molar-refractivity contribution in [3.05, 3.63) is 70.8 Å². The van der Waals surface area contributed by atoms with Gasteiger partial charge in [0.15, 0.2) is 6.23 Å². The topological polar surface area (TPSA) is 98.2 Å². The Morgan fingerprint density at radius 2 is 1.98 bits per heavy atom. The van der Waals surface area contributed by atoms with Gasteiger partial charge in [-0.1, -0.05) is 31.1 Å². The van der Waals surface area contributed by atoms with Crippen LogP contribution in [0.25, 0.3) is 11.1 Å². The molecule has 2 fully saturated rings. The summed E-state index contributed by atoms with van der Waals surface area (Å²) in [5.41, 5.74) is 7.31. The van der Waals surface area contributed by atoms with E-state index in [1.165, 1.54) is 12.8 Å². The molecule has 1 aliphatic carbocycles. The normalized spacial score (nSPS) is 22.1. The molecule has 6 rings (SSSR count). The minimum atomic E-state index is -0.899. The van der Waals surface area contributed by atoms with Crippen molar-refractivity contribution in [1.29, 1.82) is 0 Å². The molecule has 2 aromatic rings. The molecule has 0 spiro atoms. The zero-order chi connectivity index (χ0) is 27.5. The molecule has 1 saturated carbocycles. The van der Waals surface area contributed by atoms with Crippen molar-refractivity contribution in [3.63, 3.8) is 0 Å². The third-order valence-corrected chi connectivity index (χ3v) is 8.45. The molecule has 4 N–H and O–H groups in total. The molecule has 0 aromatic heterocycles. The molecule has 0 radical (unpaired) electrons. The van der Waals surface area contributed by atoms with Gasteiger partial charge in [-0.15, -0.1) is 0 Å². The molecule has 8 nitrogen and oxygen atoms in total. The van der Waals surface area contributed by atoms with Crippen LogP contribution in [0.3, 0.4) is 0 Å². The Balaban J connectivity index is 1.17. The number of morpholine rings is 1. The van der Waals surface area contributed by atoms with Gasteiger partial charge in [-0.25, -0.2) is 0 Å². The number of nitrogens with zero attached hydrogens (tertiary/aromatic N) is 2. The molecule has 210 valence electrons. The van der Waals surface area contributed by atoms with Crippen molar-refractivity contribution in [2.45, 2.75) is 50.9 Å². The zero-order valence-electron chi connectivity index (χ0n) is 23.2. The quantitative estimate of drug-likeness (QED) is 0.395. The van der Waals surface area contributed by atoms with E-state index in [-0.39, 0.29) is 18.0 Å². The van der Waals surface area contributed by atoms with Crippen LogP contribution in [0, 0.1) is 6.92 Å². The second-order valence-corrected chi connectivity index (χ2v) is 11.2. The summed E-state index contributed by atoms with van der Waals surface area (Å²) in [6.07, 6.45) is 9.87. The van der Waals surface area contributed by atoms with Crippen LogP contribution >= 0.6 is 0 Å². The van der Waals surface area contributed by atoms with Crippen LogP contribution in [0.4, 0.5) is 11.4 Å². The summed E-state index contributed by atoms with van der Waals surface area (Å²) in [7, 11) is 0. The molecule has 2 unspecified atom stereocenters. The maximum Gasteiger partial charge on any atom is 0.251 e. The number of dihydropyridines is 1. The number of allylic oxidation sites excluding steroid dienone is 1.